The fraction of sp³-hybridized carbons (Fsp3) is 0.0556. The summed E-state index contributed by atoms with van der Waals surface area (Å²) in [5.74, 6) is -0.750. The summed E-state index contributed by atoms with van der Waals surface area (Å²) in [6, 6.07) is 11.4. The third-order valence-electron chi connectivity index (χ3n) is 4.20. The molecule has 1 aliphatic rings. The van der Waals surface area contributed by atoms with E-state index in [1.807, 2.05) is 31.2 Å². The second-order valence-corrected chi connectivity index (χ2v) is 7.59. The molecule has 1 aliphatic heterocycles. The van der Waals surface area contributed by atoms with Crippen LogP contribution >= 0.6 is 23.6 Å². The van der Waals surface area contributed by atoms with Gasteiger partial charge in [-0.1, -0.05) is 17.7 Å². The number of fused-ring (bicyclic) bond motifs is 1. The lowest BCUT2D eigenvalue weighted by molar-refractivity contribution is -0.385. The minimum Gasteiger partial charge on any atom is -0.493 e. The number of nitro groups is 1. The molecular weight excluding hydrogens is 386 g/mol. The first-order chi connectivity index (χ1) is 12.9. The van der Waals surface area contributed by atoms with Crippen LogP contribution in [0, 0.1) is 21.0 Å². The van der Waals surface area contributed by atoms with E-state index in [1.54, 1.807) is 0 Å². The van der Waals surface area contributed by atoms with Crippen molar-refractivity contribution in [2.75, 3.05) is 0 Å². The number of aromatic hydroxyl groups is 1. The van der Waals surface area contributed by atoms with Gasteiger partial charge < -0.3 is 5.11 Å². The van der Waals surface area contributed by atoms with Crippen LogP contribution < -0.4 is 10.6 Å². The number of hydrogen-bond acceptors (Lipinski definition) is 6. The van der Waals surface area contributed by atoms with E-state index in [9.17, 15) is 20.0 Å². The predicted molar refractivity (Wildman–Crippen MR) is 102 cm³/mol. The molecule has 1 amide bonds. The minimum atomic E-state index is -0.562. The van der Waals surface area contributed by atoms with Crippen molar-refractivity contribution in [2.24, 2.45) is 4.99 Å². The molecule has 0 bridgehead atoms. The monoisotopic (exact) mass is 397 g/mol. The average molecular weight is 397 g/mol. The maximum absolute atomic E-state index is 12.4. The van der Waals surface area contributed by atoms with E-state index < -0.39 is 10.8 Å². The van der Waals surface area contributed by atoms with Crippen LogP contribution in [0.25, 0.3) is 11.3 Å². The molecule has 0 atom stereocenters. The van der Waals surface area contributed by atoms with Crippen molar-refractivity contribution in [2.45, 2.75) is 6.92 Å². The maximum Gasteiger partial charge on any atom is 0.279 e. The van der Waals surface area contributed by atoms with E-state index in [0.29, 0.717) is 20.2 Å². The Labute approximate surface area is 161 Å². The van der Waals surface area contributed by atoms with E-state index >= 15 is 0 Å². The average Bonchev–Trinajstić information content (AvgIpc) is 3.10. The van der Waals surface area contributed by atoms with E-state index in [0.717, 1.165) is 16.9 Å². The van der Waals surface area contributed by atoms with E-state index in [1.165, 1.54) is 22.8 Å². The van der Waals surface area contributed by atoms with E-state index in [2.05, 4.69) is 4.99 Å². The molecule has 2 heterocycles. The van der Waals surface area contributed by atoms with Crippen LogP contribution in [-0.2, 0) is 4.79 Å². The first-order valence-corrected chi connectivity index (χ1v) is 9.03. The molecular formula is C18H11N3O4S2. The molecule has 0 aliphatic carbocycles. The first-order valence-electron chi connectivity index (χ1n) is 7.81. The quantitative estimate of drug-likeness (QED) is 0.416. The van der Waals surface area contributed by atoms with Gasteiger partial charge in [0.2, 0.25) is 5.88 Å². The number of aryl methyl sites for hydroxylation is 1. The summed E-state index contributed by atoms with van der Waals surface area (Å²) in [4.78, 5) is 27.2. The second-order valence-electron chi connectivity index (χ2n) is 5.94. The maximum atomic E-state index is 12.4. The van der Waals surface area contributed by atoms with Crippen LogP contribution in [0.3, 0.4) is 0 Å². The van der Waals surface area contributed by atoms with Crippen molar-refractivity contribution in [3.05, 3.63) is 77.5 Å². The molecule has 0 saturated heterocycles. The normalized spacial score (nSPS) is 12.8. The molecule has 2 aromatic carbocycles. The number of nitro benzene ring substituents is 1. The molecule has 3 aromatic rings. The van der Waals surface area contributed by atoms with Gasteiger partial charge in [-0.3, -0.25) is 19.5 Å². The lowest BCUT2D eigenvalue weighted by Gasteiger charge is -2.05. The van der Waals surface area contributed by atoms with Gasteiger partial charge in [0.05, 0.1) is 21.5 Å². The van der Waals surface area contributed by atoms with Crippen LogP contribution in [0.4, 0.5) is 5.69 Å². The largest absolute Gasteiger partial charge is 0.493 e. The molecule has 0 spiro atoms. The number of amides is 1. The molecule has 0 saturated carbocycles. The van der Waals surface area contributed by atoms with Gasteiger partial charge in [-0.05, 0) is 37.3 Å². The molecule has 7 nitrogen and oxygen atoms in total. The Morgan fingerprint density at radius 1 is 1.22 bits per heavy atom. The predicted octanol–water partition coefficient (Wildman–Crippen LogP) is 2.55. The van der Waals surface area contributed by atoms with Gasteiger partial charge in [-0.15, -0.1) is 11.3 Å². The summed E-state index contributed by atoms with van der Waals surface area (Å²) in [7, 11) is 0. The van der Waals surface area contributed by atoms with Gasteiger partial charge in [-0.2, -0.15) is 0 Å². The lowest BCUT2D eigenvalue weighted by Crippen LogP contribution is -2.23. The van der Waals surface area contributed by atoms with Gasteiger partial charge >= 0.3 is 0 Å². The zero-order chi connectivity index (χ0) is 19.3. The van der Waals surface area contributed by atoms with Crippen LogP contribution in [0.15, 0.2) is 47.5 Å². The SMILES string of the molecule is Cc1ccc(-n2c(O)c(C3=c4cc([N+](=O)[O-])ccc4=NC3=O)sc2=S)cc1. The highest BCUT2D eigenvalue weighted by Gasteiger charge is 2.26. The number of thiazole rings is 1. The number of carbonyl (C=O) groups is 1. The van der Waals surface area contributed by atoms with Crippen LogP contribution in [-0.4, -0.2) is 20.5 Å². The number of non-ortho nitro benzene ring substituents is 1. The molecule has 9 heteroatoms. The van der Waals surface area contributed by atoms with Crippen LogP contribution in [0.5, 0.6) is 5.88 Å². The summed E-state index contributed by atoms with van der Waals surface area (Å²) in [5, 5.41) is 22.5. The van der Waals surface area contributed by atoms with Gasteiger partial charge in [0.25, 0.3) is 11.6 Å². The van der Waals surface area contributed by atoms with Gasteiger partial charge in [-0.25, -0.2) is 4.99 Å². The Balaban J connectivity index is 2.00. The molecule has 27 heavy (non-hydrogen) atoms. The highest BCUT2D eigenvalue weighted by molar-refractivity contribution is 7.73. The van der Waals surface area contributed by atoms with Gasteiger partial charge in [0, 0.05) is 17.4 Å². The fourth-order valence-corrected chi connectivity index (χ4v) is 4.27. The zero-order valence-corrected chi connectivity index (χ0v) is 15.5. The zero-order valence-electron chi connectivity index (χ0n) is 13.9. The first kappa shape index (κ1) is 17.3. The number of carbonyl (C=O) groups excluding carboxylic acids is 1. The molecule has 0 radical (unpaired) electrons. The molecule has 134 valence electrons. The number of hydrogen-bond donors (Lipinski definition) is 1. The van der Waals surface area contributed by atoms with Crippen molar-refractivity contribution >= 4 is 40.7 Å². The Kier molecular flexibility index (Phi) is 3.97. The summed E-state index contributed by atoms with van der Waals surface area (Å²) in [6.07, 6.45) is 0. The number of aromatic nitrogens is 1. The topological polar surface area (TPSA) is 97.7 Å². The Bertz CT molecular complexity index is 1300. The Hall–Kier alpha value is -3.17. The van der Waals surface area contributed by atoms with E-state index in [4.69, 9.17) is 12.2 Å². The molecule has 1 aromatic heterocycles. The highest BCUT2D eigenvalue weighted by Crippen LogP contribution is 2.35. The highest BCUT2D eigenvalue weighted by atomic mass is 32.1. The fourth-order valence-electron chi connectivity index (χ4n) is 2.89. The molecule has 0 unspecified atom stereocenters. The van der Waals surface area contributed by atoms with E-state index in [-0.39, 0.29) is 22.0 Å². The number of benzene rings is 2. The van der Waals surface area contributed by atoms with Crippen LogP contribution in [0.1, 0.15) is 10.4 Å². The minimum absolute atomic E-state index is 0.119. The van der Waals surface area contributed by atoms with Gasteiger partial charge in [0.1, 0.15) is 4.88 Å². The van der Waals surface area contributed by atoms with Crippen LogP contribution in [0.2, 0.25) is 0 Å². The summed E-state index contributed by atoms with van der Waals surface area (Å²) >= 11 is 6.43. The second kappa shape index (κ2) is 6.22. The van der Waals surface area contributed by atoms with Gasteiger partial charge in [0.15, 0.2) is 3.95 Å². The lowest BCUT2D eigenvalue weighted by atomic mass is 10.1. The standard InChI is InChI=1S/C18H11N3O4S2/c1-9-2-4-10(5-3-9)20-17(23)15(27-18(20)26)14-12-8-11(21(24)25)6-7-13(12)19-16(14)22/h2-8,23H,1H3. The van der Waals surface area contributed by atoms with Crippen molar-refractivity contribution in [1.29, 1.82) is 0 Å². The Morgan fingerprint density at radius 2 is 1.93 bits per heavy atom. The number of rotatable bonds is 3. The number of nitrogens with zero attached hydrogens (tertiary/aromatic N) is 3. The third kappa shape index (κ3) is 2.77. The third-order valence-corrected chi connectivity index (χ3v) is 5.58. The molecule has 4 rings (SSSR count). The molecule has 0 fully saturated rings. The van der Waals surface area contributed by atoms with Crippen molar-refractivity contribution in [1.82, 2.24) is 4.57 Å². The van der Waals surface area contributed by atoms with Crippen molar-refractivity contribution < 1.29 is 14.8 Å². The molecule has 1 N–H and O–H groups in total. The Morgan fingerprint density at radius 3 is 2.59 bits per heavy atom. The summed E-state index contributed by atoms with van der Waals surface area (Å²) in [6.45, 7) is 1.94. The summed E-state index contributed by atoms with van der Waals surface area (Å²) in [5.41, 5.74) is 1.68. The van der Waals surface area contributed by atoms with Crippen molar-refractivity contribution in [3.8, 4) is 11.6 Å². The summed E-state index contributed by atoms with van der Waals surface area (Å²) < 4.78 is 1.82. The van der Waals surface area contributed by atoms with Crippen molar-refractivity contribution in [3.63, 3.8) is 0 Å². The smallest absolute Gasteiger partial charge is 0.279 e.